The van der Waals surface area contributed by atoms with E-state index in [0.29, 0.717) is 22.7 Å². The number of benzene rings is 1. The maximum Gasteiger partial charge on any atom is 0.132 e. The summed E-state index contributed by atoms with van der Waals surface area (Å²) < 4.78 is 14.3. The molecule has 1 saturated heterocycles. The summed E-state index contributed by atoms with van der Waals surface area (Å²) in [4.78, 5) is 2.27. The van der Waals surface area contributed by atoms with Crippen LogP contribution in [-0.4, -0.2) is 29.2 Å². The molecule has 1 aliphatic heterocycles. The first-order valence-electron chi connectivity index (χ1n) is 7.86. The van der Waals surface area contributed by atoms with E-state index in [9.17, 15) is 9.50 Å². The van der Waals surface area contributed by atoms with Crippen molar-refractivity contribution in [3.05, 3.63) is 34.1 Å². The van der Waals surface area contributed by atoms with Gasteiger partial charge in [0.2, 0.25) is 0 Å². The van der Waals surface area contributed by atoms with Gasteiger partial charge in [0.05, 0.1) is 6.10 Å². The Hall–Kier alpha value is -0.640. The van der Waals surface area contributed by atoms with Crippen LogP contribution in [0, 0.1) is 18.2 Å². The van der Waals surface area contributed by atoms with E-state index in [4.69, 9.17) is 11.6 Å². The van der Waals surface area contributed by atoms with Gasteiger partial charge in [-0.05, 0) is 50.8 Å². The molecule has 1 aliphatic carbocycles. The van der Waals surface area contributed by atoms with E-state index in [1.54, 1.807) is 19.1 Å². The molecule has 2 fully saturated rings. The number of aliphatic hydroxyl groups excluding tert-OH is 1. The highest BCUT2D eigenvalue weighted by Gasteiger charge is 2.44. The number of hydrogen-bond donors (Lipinski definition) is 1. The molecule has 0 amide bonds. The lowest BCUT2D eigenvalue weighted by Gasteiger charge is -2.42. The van der Waals surface area contributed by atoms with Gasteiger partial charge in [-0.25, -0.2) is 4.39 Å². The minimum Gasteiger partial charge on any atom is -0.393 e. The van der Waals surface area contributed by atoms with Crippen molar-refractivity contribution in [3.63, 3.8) is 0 Å². The van der Waals surface area contributed by atoms with Gasteiger partial charge in [-0.3, -0.25) is 4.90 Å². The van der Waals surface area contributed by atoms with Crippen LogP contribution in [0.2, 0.25) is 5.02 Å². The number of halogens is 2. The van der Waals surface area contributed by atoms with Gasteiger partial charge in [0.25, 0.3) is 0 Å². The highest BCUT2D eigenvalue weighted by Crippen LogP contribution is 2.45. The van der Waals surface area contributed by atoms with E-state index in [1.165, 1.54) is 0 Å². The van der Waals surface area contributed by atoms with Gasteiger partial charge in [0.15, 0.2) is 0 Å². The second kappa shape index (κ2) is 5.86. The third-order valence-electron chi connectivity index (χ3n) is 5.31. The molecular formula is C17H23ClFNO. The summed E-state index contributed by atoms with van der Waals surface area (Å²) >= 11 is 6.18. The smallest absolute Gasteiger partial charge is 0.132 e. The summed E-state index contributed by atoms with van der Waals surface area (Å²) in [5, 5.41) is 10.8. The SMILES string of the molecule is Cc1ccc(Cl)c(CN2CCC[C@]3(CCC[C@H]3O)C2)c1F. The van der Waals surface area contributed by atoms with Crippen molar-refractivity contribution in [2.75, 3.05) is 13.1 Å². The molecule has 1 heterocycles. The van der Waals surface area contributed by atoms with Gasteiger partial charge in [0, 0.05) is 29.1 Å². The highest BCUT2D eigenvalue weighted by molar-refractivity contribution is 6.31. The Morgan fingerprint density at radius 3 is 2.86 bits per heavy atom. The predicted octanol–water partition coefficient (Wildman–Crippen LogP) is 3.91. The molecule has 2 aliphatic rings. The molecular weight excluding hydrogens is 289 g/mol. The normalized spacial score (nSPS) is 30.2. The summed E-state index contributed by atoms with van der Waals surface area (Å²) in [6, 6.07) is 3.50. The van der Waals surface area contributed by atoms with Crippen LogP contribution in [0.25, 0.3) is 0 Å². The molecule has 2 nitrogen and oxygen atoms in total. The van der Waals surface area contributed by atoms with Gasteiger partial charge in [0.1, 0.15) is 5.82 Å². The average molecular weight is 312 g/mol. The molecule has 1 aromatic carbocycles. The lowest BCUT2D eigenvalue weighted by molar-refractivity contribution is -0.0122. The molecule has 116 valence electrons. The third kappa shape index (κ3) is 2.84. The first-order chi connectivity index (χ1) is 10.0. The minimum atomic E-state index is -0.196. The lowest BCUT2D eigenvalue weighted by Crippen LogP contribution is -2.46. The molecule has 0 unspecified atom stereocenters. The van der Waals surface area contributed by atoms with Crippen molar-refractivity contribution < 1.29 is 9.50 Å². The van der Waals surface area contributed by atoms with Gasteiger partial charge in [-0.15, -0.1) is 0 Å². The maximum absolute atomic E-state index is 14.3. The minimum absolute atomic E-state index is 0.0328. The number of aliphatic hydroxyl groups is 1. The first kappa shape index (κ1) is 15.3. The van der Waals surface area contributed by atoms with E-state index in [0.717, 1.165) is 45.2 Å². The van der Waals surface area contributed by atoms with E-state index < -0.39 is 0 Å². The standard InChI is InChI=1S/C17H23ClFNO/c1-12-5-6-14(18)13(16(12)19)10-20-9-3-8-17(11-20)7-2-4-15(17)21/h5-6,15,21H,2-4,7-11H2,1H3/t15-,17-/m1/s1. The fourth-order valence-corrected chi connectivity index (χ4v) is 4.28. The number of aryl methyl sites for hydroxylation is 1. The van der Waals surface area contributed by atoms with Crippen LogP contribution in [-0.2, 0) is 6.54 Å². The van der Waals surface area contributed by atoms with Crippen LogP contribution in [0.3, 0.4) is 0 Å². The summed E-state index contributed by atoms with van der Waals surface area (Å²) in [6.45, 7) is 4.13. The molecule has 1 spiro atoms. The molecule has 3 rings (SSSR count). The molecule has 0 aromatic heterocycles. The molecule has 1 saturated carbocycles. The van der Waals surface area contributed by atoms with E-state index in [-0.39, 0.29) is 17.3 Å². The number of nitrogens with zero attached hydrogens (tertiary/aromatic N) is 1. The molecule has 1 aromatic rings. The predicted molar refractivity (Wildman–Crippen MR) is 82.9 cm³/mol. The summed E-state index contributed by atoms with van der Waals surface area (Å²) in [6.07, 6.45) is 5.08. The maximum atomic E-state index is 14.3. The molecule has 2 atom stereocenters. The summed E-state index contributed by atoms with van der Waals surface area (Å²) in [5.41, 5.74) is 1.27. The zero-order valence-corrected chi connectivity index (χ0v) is 13.3. The average Bonchev–Trinajstić information content (AvgIpc) is 2.80. The van der Waals surface area contributed by atoms with Crippen LogP contribution in [0.15, 0.2) is 12.1 Å². The molecule has 0 bridgehead atoms. The number of hydrogen-bond acceptors (Lipinski definition) is 2. The van der Waals surface area contributed by atoms with E-state index >= 15 is 0 Å². The quantitative estimate of drug-likeness (QED) is 0.895. The Labute approximate surface area is 130 Å². The zero-order valence-electron chi connectivity index (χ0n) is 12.5. The fraction of sp³-hybridized carbons (Fsp3) is 0.647. The van der Waals surface area contributed by atoms with Crippen molar-refractivity contribution in [2.24, 2.45) is 5.41 Å². The van der Waals surface area contributed by atoms with Crippen LogP contribution >= 0.6 is 11.6 Å². The Balaban J connectivity index is 1.78. The van der Waals surface area contributed by atoms with Crippen molar-refractivity contribution >= 4 is 11.6 Å². The van der Waals surface area contributed by atoms with E-state index in [2.05, 4.69) is 4.90 Å². The fourth-order valence-electron chi connectivity index (χ4n) is 4.07. The third-order valence-corrected chi connectivity index (χ3v) is 5.66. The largest absolute Gasteiger partial charge is 0.393 e. The number of likely N-dealkylation sites (tertiary alicyclic amines) is 1. The van der Waals surface area contributed by atoms with Gasteiger partial charge in [-0.2, -0.15) is 0 Å². The number of piperidine rings is 1. The molecule has 0 radical (unpaired) electrons. The Bertz CT molecular complexity index is 536. The number of rotatable bonds is 2. The van der Waals surface area contributed by atoms with Crippen molar-refractivity contribution in [3.8, 4) is 0 Å². The van der Waals surface area contributed by atoms with E-state index in [1.807, 2.05) is 0 Å². The molecule has 21 heavy (non-hydrogen) atoms. The van der Waals surface area contributed by atoms with Crippen molar-refractivity contribution in [2.45, 2.75) is 51.7 Å². The second-order valence-corrected chi connectivity index (χ2v) is 7.15. The van der Waals surface area contributed by atoms with Crippen molar-refractivity contribution in [1.29, 1.82) is 0 Å². The topological polar surface area (TPSA) is 23.5 Å². The van der Waals surface area contributed by atoms with Crippen LogP contribution in [0.5, 0.6) is 0 Å². The monoisotopic (exact) mass is 311 g/mol. The van der Waals surface area contributed by atoms with Gasteiger partial charge < -0.3 is 5.11 Å². The molecule has 1 N–H and O–H groups in total. The second-order valence-electron chi connectivity index (χ2n) is 6.74. The van der Waals surface area contributed by atoms with Gasteiger partial charge in [-0.1, -0.05) is 24.1 Å². The summed E-state index contributed by atoms with van der Waals surface area (Å²) in [7, 11) is 0. The Morgan fingerprint density at radius 1 is 1.38 bits per heavy atom. The van der Waals surface area contributed by atoms with Crippen LogP contribution in [0.4, 0.5) is 4.39 Å². The first-order valence-corrected chi connectivity index (χ1v) is 8.23. The Morgan fingerprint density at radius 2 is 2.14 bits per heavy atom. The highest BCUT2D eigenvalue weighted by atomic mass is 35.5. The molecule has 4 heteroatoms. The van der Waals surface area contributed by atoms with Gasteiger partial charge >= 0.3 is 0 Å². The van der Waals surface area contributed by atoms with Crippen molar-refractivity contribution in [1.82, 2.24) is 4.90 Å². The zero-order chi connectivity index (χ0) is 15.0. The summed E-state index contributed by atoms with van der Waals surface area (Å²) in [5.74, 6) is -0.186. The lowest BCUT2D eigenvalue weighted by atomic mass is 9.76. The Kier molecular flexibility index (Phi) is 4.26. The van der Waals surface area contributed by atoms with Crippen LogP contribution < -0.4 is 0 Å². The van der Waals surface area contributed by atoms with Crippen LogP contribution in [0.1, 0.15) is 43.2 Å².